The normalized spacial score (nSPS) is 17.6. The summed E-state index contributed by atoms with van der Waals surface area (Å²) in [7, 11) is 0. The molecule has 0 aromatic carbocycles. The van der Waals surface area contributed by atoms with Crippen molar-refractivity contribution >= 4 is 11.8 Å². The van der Waals surface area contributed by atoms with Gasteiger partial charge in [0.25, 0.3) is 0 Å². The van der Waals surface area contributed by atoms with E-state index >= 15 is 0 Å². The predicted octanol–water partition coefficient (Wildman–Crippen LogP) is 0.490. The van der Waals surface area contributed by atoms with Crippen LogP contribution in [0.1, 0.15) is 39.0 Å². The lowest BCUT2D eigenvalue weighted by atomic mass is 9.96. The van der Waals surface area contributed by atoms with Crippen molar-refractivity contribution in [2.24, 2.45) is 11.7 Å². The highest BCUT2D eigenvalue weighted by Crippen LogP contribution is 2.15. The Morgan fingerprint density at radius 1 is 1.28 bits per heavy atom. The Balaban J connectivity index is 2.12. The summed E-state index contributed by atoms with van der Waals surface area (Å²) in [5.41, 5.74) is 5.27. The Morgan fingerprint density at radius 2 is 1.94 bits per heavy atom. The van der Waals surface area contributed by atoms with Crippen LogP contribution in [0.15, 0.2) is 0 Å². The minimum absolute atomic E-state index is 0.00568. The number of amides is 2. The molecule has 0 radical (unpaired) electrons. The Morgan fingerprint density at radius 3 is 2.50 bits per heavy atom. The topological polar surface area (TPSA) is 75.4 Å². The number of primary amides is 1. The van der Waals surface area contributed by atoms with E-state index in [1.165, 1.54) is 0 Å². The summed E-state index contributed by atoms with van der Waals surface area (Å²) in [4.78, 5) is 24.7. The summed E-state index contributed by atoms with van der Waals surface area (Å²) in [6, 6.07) is 0. The Bertz CT molecular complexity index is 273. The molecule has 5 nitrogen and oxygen atoms in total. The smallest absolute Gasteiger partial charge is 0.234 e. The van der Waals surface area contributed by atoms with Gasteiger partial charge in [-0.25, -0.2) is 0 Å². The second-order valence-corrected chi connectivity index (χ2v) is 5.01. The van der Waals surface area contributed by atoms with Gasteiger partial charge in [-0.15, -0.1) is 0 Å². The number of nitrogens with two attached hydrogens (primary N) is 1. The molecule has 5 heteroatoms. The fourth-order valence-electron chi connectivity index (χ4n) is 2.24. The van der Waals surface area contributed by atoms with E-state index in [0.717, 1.165) is 51.7 Å². The van der Waals surface area contributed by atoms with Gasteiger partial charge in [-0.2, -0.15) is 0 Å². The Kier molecular flexibility index (Phi) is 6.72. The van der Waals surface area contributed by atoms with Crippen LogP contribution in [0.4, 0.5) is 0 Å². The lowest BCUT2D eigenvalue weighted by Crippen LogP contribution is -2.43. The molecule has 0 saturated carbocycles. The fourth-order valence-corrected chi connectivity index (χ4v) is 2.24. The first-order chi connectivity index (χ1) is 8.63. The number of unbranched alkanes of at least 4 members (excludes halogenated alkanes) is 2. The van der Waals surface area contributed by atoms with Gasteiger partial charge in [0, 0.05) is 12.5 Å². The van der Waals surface area contributed by atoms with Gasteiger partial charge in [-0.3, -0.25) is 14.5 Å². The van der Waals surface area contributed by atoms with E-state index in [2.05, 4.69) is 17.1 Å². The second-order valence-electron chi connectivity index (χ2n) is 5.01. The number of nitrogens with zero attached hydrogens (tertiary/aromatic N) is 1. The lowest BCUT2D eigenvalue weighted by Gasteiger charge is -2.29. The first kappa shape index (κ1) is 15.0. The second kappa shape index (κ2) is 8.08. The van der Waals surface area contributed by atoms with Crippen molar-refractivity contribution in [3.8, 4) is 0 Å². The number of nitrogens with one attached hydrogen (secondary N) is 1. The summed E-state index contributed by atoms with van der Waals surface area (Å²) >= 11 is 0. The van der Waals surface area contributed by atoms with Crippen molar-refractivity contribution in [1.82, 2.24) is 10.2 Å². The zero-order valence-corrected chi connectivity index (χ0v) is 11.3. The van der Waals surface area contributed by atoms with E-state index in [4.69, 9.17) is 5.73 Å². The van der Waals surface area contributed by atoms with Crippen molar-refractivity contribution in [3.63, 3.8) is 0 Å². The number of rotatable bonds is 7. The van der Waals surface area contributed by atoms with Crippen LogP contribution in [0.3, 0.4) is 0 Å². The third-order valence-electron chi connectivity index (χ3n) is 3.46. The highest BCUT2D eigenvalue weighted by Gasteiger charge is 2.23. The summed E-state index contributed by atoms with van der Waals surface area (Å²) in [6.45, 7) is 4.93. The van der Waals surface area contributed by atoms with Crippen LogP contribution in [-0.4, -0.2) is 42.9 Å². The molecule has 1 fully saturated rings. The van der Waals surface area contributed by atoms with Gasteiger partial charge >= 0.3 is 0 Å². The highest BCUT2D eigenvalue weighted by molar-refractivity contribution is 5.78. The van der Waals surface area contributed by atoms with Crippen molar-refractivity contribution in [2.75, 3.05) is 26.2 Å². The quantitative estimate of drug-likeness (QED) is 0.650. The molecule has 18 heavy (non-hydrogen) atoms. The number of piperidine rings is 1. The summed E-state index contributed by atoms with van der Waals surface area (Å²) in [5.74, 6) is -0.129. The zero-order chi connectivity index (χ0) is 13.4. The van der Waals surface area contributed by atoms with Crippen LogP contribution in [0, 0.1) is 5.92 Å². The van der Waals surface area contributed by atoms with Crippen molar-refractivity contribution in [3.05, 3.63) is 0 Å². The van der Waals surface area contributed by atoms with Crippen molar-refractivity contribution in [2.45, 2.75) is 39.0 Å². The van der Waals surface area contributed by atoms with E-state index in [-0.39, 0.29) is 17.7 Å². The minimum Gasteiger partial charge on any atom is -0.369 e. The van der Waals surface area contributed by atoms with Crippen LogP contribution in [-0.2, 0) is 9.59 Å². The van der Waals surface area contributed by atoms with Crippen LogP contribution < -0.4 is 11.1 Å². The fraction of sp³-hybridized carbons (Fsp3) is 0.846. The van der Waals surface area contributed by atoms with E-state index in [0.29, 0.717) is 6.54 Å². The van der Waals surface area contributed by atoms with Crippen molar-refractivity contribution in [1.29, 1.82) is 0 Å². The van der Waals surface area contributed by atoms with Gasteiger partial charge in [0.15, 0.2) is 0 Å². The predicted molar refractivity (Wildman–Crippen MR) is 70.9 cm³/mol. The average Bonchev–Trinajstić information content (AvgIpc) is 2.35. The number of hydrogen-bond donors (Lipinski definition) is 2. The van der Waals surface area contributed by atoms with E-state index in [1.807, 2.05) is 0 Å². The highest BCUT2D eigenvalue weighted by atomic mass is 16.2. The zero-order valence-electron chi connectivity index (χ0n) is 11.3. The van der Waals surface area contributed by atoms with E-state index < -0.39 is 0 Å². The van der Waals surface area contributed by atoms with Gasteiger partial charge in [0.1, 0.15) is 0 Å². The molecule has 1 heterocycles. The minimum atomic E-state index is -0.210. The molecular weight excluding hydrogens is 230 g/mol. The Labute approximate surface area is 109 Å². The summed E-state index contributed by atoms with van der Waals surface area (Å²) in [5, 5.41) is 2.93. The number of carbonyl (C=O) groups is 2. The standard InChI is InChI=1S/C13H25N3O2/c1-2-3-4-7-15-12(17)10-16-8-5-11(6-9-16)13(14)18/h11H,2-10H2,1H3,(H2,14,18)(H,15,17). The monoisotopic (exact) mass is 255 g/mol. The molecule has 0 aliphatic carbocycles. The molecule has 0 aromatic rings. The van der Waals surface area contributed by atoms with Gasteiger partial charge in [-0.1, -0.05) is 19.8 Å². The van der Waals surface area contributed by atoms with Crippen LogP contribution in [0.2, 0.25) is 0 Å². The van der Waals surface area contributed by atoms with E-state index in [1.54, 1.807) is 0 Å². The molecule has 1 saturated heterocycles. The Hall–Kier alpha value is -1.10. The third kappa shape index (κ3) is 5.49. The molecule has 0 unspecified atom stereocenters. The maximum atomic E-state index is 11.6. The molecule has 1 aliphatic rings. The van der Waals surface area contributed by atoms with E-state index in [9.17, 15) is 9.59 Å². The molecule has 0 aromatic heterocycles. The van der Waals surface area contributed by atoms with Crippen LogP contribution >= 0.6 is 0 Å². The van der Waals surface area contributed by atoms with Crippen LogP contribution in [0.25, 0.3) is 0 Å². The first-order valence-electron chi connectivity index (χ1n) is 6.91. The molecule has 3 N–H and O–H groups in total. The number of likely N-dealkylation sites (tertiary alicyclic amines) is 1. The largest absolute Gasteiger partial charge is 0.369 e. The van der Waals surface area contributed by atoms with Gasteiger partial charge in [-0.05, 0) is 32.4 Å². The van der Waals surface area contributed by atoms with Crippen LogP contribution in [0.5, 0.6) is 0 Å². The number of carbonyl (C=O) groups excluding carboxylic acids is 2. The van der Waals surface area contributed by atoms with Gasteiger partial charge < -0.3 is 11.1 Å². The summed E-state index contributed by atoms with van der Waals surface area (Å²) < 4.78 is 0. The lowest BCUT2D eigenvalue weighted by molar-refractivity contribution is -0.124. The maximum absolute atomic E-state index is 11.6. The van der Waals surface area contributed by atoms with Gasteiger partial charge in [0.2, 0.25) is 11.8 Å². The first-order valence-corrected chi connectivity index (χ1v) is 6.91. The maximum Gasteiger partial charge on any atom is 0.234 e. The molecular formula is C13H25N3O2. The average molecular weight is 255 g/mol. The van der Waals surface area contributed by atoms with Crippen molar-refractivity contribution < 1.29 is 9.59 Å². The molecule has 1 rings (SSSR count). The van der Waals surface area contributed by atoms with Gasteiger partial charge in [0.05, 0.1) is 6.54 Å². The third-order valence-corrected chi connectivity index (χ3v) is 3.46. The molecule has 0 spiro atoms. The molecule has 104 valence electrons. The number of hydrogen-bond acceptors (Lipinski definition) is 3. The SMILES string of the molecule is CCCCCNC(=O)CN1CCC(C(N)=O)CC1. The molecule has 0 atom stereocenters. The molecule has 1 aliphatic heterocycles. The summed E-state index contributed by atoms with van der Waals surface area (Å²) in [6.07, 6.45) is 4.92. The molecule has 2 amide bonds. The molecule has 0 bridgehead atoms.